The molecular formula is C17H29N3O. The number of carbonyl (C=O) groups excluding carboxylic acids is 1. The Kier molecular flexibility index (Phi) is 5.31. The highest BCUT2D eigenvalue weighted by molar-refractivity contribution is 5.78. The highest BCUT2D eigenvalue weighted by Crippen LogP contribution is 2.20. The fraction of sp³-hybridized carbons (Fsp3) is 0.824. The average Bonchev–Trinajstić information content (AvgIpc) is 2.83. The lowest BCUT2D eigenvalue weighted by molar-refractivity contribution is -0.122. The van der Waals surface area contributed by atoms with Crippen molar-refractivity contribution >= 4 is 5.91 Å². The Hall–Kier alpha value is -0.870. The first kappa shape index (κ1) is 15.0. The van der Waals surface area contributed by atoms with Crippen molar-refractivity contribution in [2.45, 2.75) is 63.5 Å². The summed E-state index contributed by atoms with van der Waals surface area (Å²) in [5.41, 5.74) is 1.54. The first-order valence-electron chi connectivity index (χ1n) is 8.72. The zero-order chi connectivity index (χ0) is 14.5. The van der Waals surface area contributed by atoms with Crippen LogP contribution in [0.4, 0.5) is 0 Å². The van der Waals surface area contributed by atoms with Crippen LogP contribution in [0.2, 0.25) is 0 Å². The van der Waals surface area contributed by atoms with E-state index in [0.717, 1.165) is 26.1 Å². The quantitative estimate of drug-likeness (QED) is 0.760. The maximum Gasteiger partial charge on any atom is 0.234 e. The van der Waals surface area contributed by atoms with Gasteiger partial charge in [0.1, 0.15) is 0 Å². The van der Waals surface area contributed by atoms with Crippen LogP contribution in [0.15, 0.2) is 11.6 Å². The number of rotatable bonds is 5. The predicted molar refractivity (Wildman–Crippen MR) is 85.2 cm³/mol. The molecule has 0 saturated carbocycles. The van der Waals surface area contributed by atoms with Crippen LogP contribution in [-0.2, 0) is 4.79 Å². The SMILES string of the molecule is O=C(CN1CCC2CCC(C1)N2)NCCC1=CCCCC1. The molecular weight excluding hydrogens is 262 g/mol. The Morgan fingerprint density at radius 3 is 3.05 bits per heavy atom. The van der Waals surface area contributed by atoms with Gasteiger partial charge in [-0.3, -0.25) is 9.69 Å². The van der Waals surface area contributed by atoms with E-state index in [1.54, 1.807) is 0 Å². The number of hydrogen-bond acceptors (Lipinski definition) is 3. The van der Waals surface area contributed by atoms with E-state index in [0.29, 0.717) is 18.6 Å². The number of allylic oxidation sites excluding steroid dienone is 1. The summed E-state index contributed by atoms with van der Waals surface area (Å²) in [5.74, 6) is 0.198. The molecule has 0 radical (unpaired) electrons. The van der Waals surface area contributed by atoms with E-state index in [-0.39, 0.29) is 5.91 Å². The van der Waals surface area contributed by atoms with E-state index in [4.69, 9.17) is 0 Å². The van der Waals surface area contributed by atoms with E-state index >= 15 is 0 Å². The fourth-order valence-corrected chi connectivity index (χ4v) is 3.91. The Labute approximate surface area is 128 Å². The van der Waals surface area contributed by atoms with Crippen molar-refractivity contribution in [3.05, 3.63) is 11.6 Å². The fourth-order valence-electron chi connectivity index (χ4n) is 3.91. The van der Waals surface area contributed by atoms with Crippen LogP contribution in [0.5, 0.6) is 0 Å². The molecule has 1 aliphatic carbocycles. The van der Waals surface area contributed by atoms with Crippen LogP contribution in [-0.4, -0.2) is 49.1 Å². The second-order valence-electron chi connectivity index (χ2n) is 6.87. The maximum atomic E-state index is 12.1. The molecule has 2 aliphatic heterocycles. The largest absolute Gasteiger partial charge is 0.355 e. The van der Waals surface area contributed by atoms with E-state index < -0.39 is 0 Å². The average molecular weight is 291 g/mol. The standard InChI is InChI=1S/C17H29N3O/c21-17(18-10-8-14-4-2-1-3-5-14)13-20-11-9-15-6-7-16(12-20)19-15/h4,15-16,19H,1-3,5-13H2,(H,18,21). The number of hydrogen-bond donors (Lipinski definition) is 2. The number of likely N-dealkylation sites (tertiary alicyclic amines) is 1. The molecule has 3 aliphatic rings. The van der Waals surface area contributed by atoms with Crippen molar-refractivity contribution in [3.63, 3.8) is 0 Å². The summed E-state index contributed by atoms with van der Waals surface area (Å²) in [7, 11) is 0. The van der Waals surface area contributed by atoms with Gasteiger partial charge in [-0.1, -0.05) is 11.6 Å². The van der Waals surface area contributed by atoms with Crippen molar-refractivity contribution in [2.75, 3.05) is 26.2 Å². The molecule has 0 aromatic heterocycles. The number of carbonyl (C=O) groups is 1. The Morgan fingerprint density at radius 1 is 1.29 bits per heavy atom. The highest BCUT2D eigenvalue weighted by atomic mass is 16.2. The van der Waals surface area contributed by atoms with Gasteiger partial charge in [0.05, 0.1) is 6.54 Å². The summed E-state index contributed by atoms with van der Waals surface area (Å²) in [6.07, 6.45) is 12.3. The monoisotopic (exact) mass is 291 g/mol. The molecule has 21 heavy (non-hydrogen) atoms. The van der Waals surface area contributed by atoms with Gasteiger partial charge in [-0.2, -0.15) is 0 Å². The van der Waals surface area contributed by atoms with E-state index in [1.165, 1.54) is 50.5 Å². The molecule has 2 bridgehead atoms. The summed E-state index contributed by atoms with van der Waals surface area (Å²) < 4.78 is 0. The molecule has 2 unspecified atom stereocenters. The summed E-state index contributed by atoms with van der Waals surface area (Å²) in [6, 6.07) is 1.30. The highest BCUT2D eigenvalue weighted by Gasteiger charge is 2.29. The first-order chi connectivity index (χ1) is 10.3. The minimum atomic E-state index is 0.198. The molecule has 1 amide bonds. The molecule has 2 atom stereocenters. The molecule has 4 heteroatoms. The first-order valence-corrected chi connectivity index (χ1v) is 8.72. The van der Waals surface area contributed by atoms with Gasteiger partial charge in [0.15, 0.2) is 0 Å². The van der Waals surface area contributed by atoms with Gasteiger partial charge in [-0.05, 0) is 51.4 Å². The van der Waals surface area contributed by atoms with Crippen molar-refractivity contribution < 1.29 is 4.79 Å². The third-order valence-corrected chi connectivity index (χ3v) is 5.13. The van der Waals surface area contributed by atoms with Crippen LogP contribution in [0.25, 0.3) is 0 Å². The zero-order valence-electron chi connectivity index (χ0n) is 13.1. The van der Waals surface area contributed by atoms with E-state index in [2.05, 4.69) is 21.6 Å². The number of fused-ring (bicyclic) bond motifs is 2. The molecule has 2 saturated heterocycles. The van der Waals surface area contributed by atoms with Crippen LogP contribution in [0, 0.1) is 0 Å². The van der Waals surface area contributed by atoms with Crippen LogP contribution in [0.1, 0.15) is 51.4 Å². The molecule has 4 nitrogen and oxygen atoms in total. The predicted octanol–water partition coefficient (Wildman–Crippen LogP) is 1.82. The van der Waals surface area contributed by atoms with E-state index in [1.807, 2.05) is 0 Å². The van der Waals surface area contributed by atoms with Crippen molar-refractivity contribution in [3.8, 4) is 0 Å². The Morgan fingerprint density at radius 2 is 2.19 bits per heavy atom. The maximum absolute atomic E-state index is 12.1. The van der Waals surface area contributed by atoms with Gasteiger partial charge in [0, 0.05) is 31.7 Å². The number of nitrogens with one attached hydrogen (secondary N) is 2. The molecule has 118 valence electrons. The van der Waals surface area contributed by atoms with Crippen LogP contribution < -0.4 is 10.6 Å². The van der Waals surface area contributed by atoms with Gasteiger partial charge in [-0.15, -0.1) is 0 Å². The van der Waals surface area contributed by atoms with Gasteiger partial charge < -0.3 is 10.6 Å². The van der Waals surface area contributed by atoms with Gasteiger partial charge >= 0.3 is 0 Å². The topological polar surface area (TPSA) is 44.4 Å². The van der Waals surface area contributed by atoms with Gasteiger partial charge in [0.2, 0.25) is 5.91 Å². The summed E-state index contributed by atoms with van der Waals surface area (Å²) in [6.45, 7) is 3.48. The second-order valence-corrected chi connectivity index (χ2v) is 6.87. The smallest absolute Gasteiger partial charge is 0.234 e. The lowest BCUT2D eigenvalue weighted by Crippen LogP contribution is -2.42. The number of nitrogens with zero attached hydrogens (tertiary/aromatic N) is 1. The molecule has 2 fully saturated rings. The minimum absolute atomic E-state index is 0.198. The molecule has 0 aromatic rings. The van der Waals surface area contributed by atoms with E-state index in [9.17, 15) is 4.79 Å². The van der Waals surface area contributed by atoms with Crippen molar-refractivity contribution in [1.82, 2.24) is 15.5 Å². The normalized spacial score (nSPS) is 29.8. The lowest BCUT2D eigenvalue weighted by Gasteiger charge is -2.23. The second kappa shape index (κ2) is 7.41. The van der Waals surface area contributed by atoms with Crippen LogP contribution >= 0.6 is 0 Å². The number of amides is 1. The zero-order valence-corrected chi connectivity index (χ0v) is 13.1. The molecule has 0 aromatic carbocycles. The lowest BCUT2D eigenvalue weighted by atomic mass is 9.97. The summed E-state index contributed by atoms with van der Waals surface area (Å²) >= 11 is 0. The molecule has 2 N–H and O–H groups in total. The minimum Gasteiger partial charge on any atom is -0.355 e. The molecule has 2 heterocycles. The summed E-state index contributed by atoms with van der Waals surface area (Å²) in [5, 5.41) is 6.76. The van der Waals surface area contributed by atoms with Crippen molar-refractivity contribution in [2.24, 2.45) is 0 Å². The summed E-state index contributed by atoms with van der Waals surface area (Å²) in [4.78, 5) is 14.4. The van der Waals surface area contributed by atoms with Crippen molar-refractivity contribution in [1.29, 1.82) is 0 Å². The van der Waals surface area contributed by atoms with Crippen LogP contribution in [0.3, 0.4) is 0 Å². The third kappa shape index (κ3) is 4.55. The molecule has 3 rings (SSSR count). The van der Waals surface area contributed by atoms with Gasteiger partial charge in [0.25, 0.3) is 0 Å². The molecule has 0 spiro atoms. The third-order valence-electron chi connectivity index (χ3n) is 5.13. The Balaban J connectivity index is 1.35. The Bertz CT molecular complexity index is 393. The van der Waals surface area contributed by atoms with Gasteiger partial charge in [-0.25, -0.2) is 0 Å².